The number of nitrogens with zero attached hydrogens (tertiary/aromatic N) is 4. The molecule has 0 spiro atoms. The van der Waals surface area contributed by atoms with E-state index in [1.54, 1.807) is 6.07 Å². The van der Waals surface area contributed by atoms with Crippen molar-refractivity contribution in [3.05, 3.63) is 40.9 Å². The number of anilines is 2. The Labute approximate surface area is 213 Å². The highest BCUT2D eigenvalue weighted by atomic mass is 35.5. The molecule has 0 atom stereocenters. The van der Waals surface area contributed by atoms with Gasteiger partial charge in [0.05, 0.1) is 10.6 Å². The van der Waals surface area contributed by atoms with Gasteiger partial charge in [-0.2, -0.15) is 9.97 Å². The maximum absolute atomic E-state index is 16.2. The SMILES string of the molecule is Nc1cccc(F)c1-c1c(Cl)cc2c(N3CCNCC3)nc(OCC34CCCN3CCC4)nc2c1F. The minimum Gasteiger partial charge on any atom is -0.461 e. The van der Waals surface area contributed by atoms with Crippen LogP contribution < -0.4 is 20.7 Å². The average Bonchev–Trinajstić information content (AvgIpc) is 3.45. The molecule has 3 N–H and O–H groups in total. The van der Waals surface area contributed by atoms with Gasteiger partial charge in [0.1, 0.15) is 23.8 Å². The molecule has 7 nitrogen and oxygen atoms in total. The molecule has 0 aliphatic carbocycles. The van der Waals surface area contributed by atoms with Crippen LogP contribution in [-0.2, 0) is 0 Å². The van der Waals surface area contributed by atoms with Crippen molar-refractivity contribution in [2.24, 2.45) is 0 Å². The van der Waals surface area contributed by atoms with E-state index in [0.717, 1.165) is 51.9 Å². The largest absolute Gasteiger partial charge is 0.461 e. The van der Waals surface area contributed by atoms with Gasteiger partial charge < -0.3 is 20.7 Å². The normalized spacial score (nSPS) is 19.7. The molecule has 2 aromatic carbocycles. The average molecular weight is 515 g/mol. The fraction of sp³-hybridized carbons (Fsp3) is 0.462. The molecule has 36 heavy (non-hydrogen) atoms. The lowest BCUT2D eigenvalue weighted by Gasteiger charge is -2.32. The third-order valence-corrected chi connectivity index (χ3v) is 8.13. The Morgan fingerprint density at radius 1 is 1.06 bits per heavy atom. The van der Waals surface area contributed by atoms with Crippen molar-refractivity contribution in [1.82, 2.24) is 20.2 Å². The molecule has 3 fully saturated rings. The Hall–Kier alpha value is -2.75. The van der Waals surface area contributed by atoms with E-state index in [9.17, 15) is 4.39 Å². The number of nitrogens with two attached hydrogens (primary N) is 1. The summed E-state index contributed by atoms with van der Waals surface area (Å²) in [7, 11) is 0. The lowest BCUT2D eigenvalue weighted by molar-refractivity contribution is 0.108. The van der Waals surface area contributed by atoms with Crippen LogP contribution in [0.2, 0.25) is 5.02 Å². The van der Waals surface area contributed by atoms with Crippen molar-refractivity contribution in [3.8, 4) is 17.1 Å². The van der Waals surface area contributed by atoms with Gasteiger partial charge >= 0.3 is 6.01 Å². The van der Waals surface area contributed by atoms with Crippen molar-refractivity contribution in [2.45, 2.75) is 31.2 Å². The maximum Gasteiger partial charge on any atom is 0.319 e. The zero-order valence-electron chi connectivity index (χ0n) is 20.0. The van der Waals surface area contributed by atoms with E-state index >= 15 is 4.39 Å². The van der Waals surface area contributed by atoms with E-state index in [1.165, 1.54) is 18.2 Å². The summed E-state index contributed by atoms with van der Waals surface area (Å²) in [5.74, 6) is -0.818. The molecule has 0 bridgehead atoms. The number of halogens is 3. The van der Waals surface area contributed by atoms with Gasteiger partial charge in [0.25, 0.3) is 0 Å². The van der Waals surface area contributed by atoms with Gasteiger partial charge in [-0.1, -0.05) is 17.7 Å². The van der Waals surface area contributed by atoms with E-state index in [0.29, 0.717) is 30.9 Å². The molecule has 6 rings (SSSR count). The monoisotopic (exact) mass is 514 g/mol. The molecule has 0 unspecified atom stereocenters. The molecule has 0 radical (unpaired) electrons. The molecule has 4 heterocycles. The summed E-state index contributed by atoms with van der Waals surface area (Å²) < 4.78 is 37.2. The summed E-state index contributed by atoms with van der Waals surface area (Å²) in [6.07, 6.45) is 4.45. The number of fused-ring (bicyclic) bond motifs is 2. The molecule has 1 aromatic heterocycles. The molecule has 0 saturated carbocycles. The zero-order chi connectivity index (χ0) is 24.9. The summed E-state index contributed by atoms with van der Waals surface area (Å²) in [6, 6.07) is 5.97. The summed E-state index contributed by atoms with van der Waals surface area (Å²) in [5, 5.41) is 3.84. The molecule has 3 aromatic rings. The first-order valence-electron chi connectivity index (χ1n) is 12.5. The minimum absolute atomic E-state index is 0.00115. The maximum atomic E-state index is 16.2. The summed E-state index contributed by atoms with van der Waals surface area (Å²) in [6.45, 7) is 5.57. The van der Waals surface area contributed by atoms with Crippen LogP contribution in [0.4, 0.5) is 20.3 Å². The minimum atomic E-state index is -0.737. The van der Waals surface area contributed by atoms with Gasteiger partial charge in [0.15, 0.2) is 5.82 Å². The van der Waals surface area contributed by atoms with Crippen LogP contribution in [0.15, 0.2) is 24.3 Å². The second kappa shape index (κ2) is 9.28. The zero-order valence-corrected chi connectivity index (χ0v) is 20.8. The molecule has 3 aliphatic heterocycles. The topological polar surface area (TPSA) is 79.5 Å². The van der Waals surface area contributed by atoms with Crippen molar-refractivity contribution >= 4 is 34.0 Å². The van der Waals surface area contributed by atoms with Crippen molar-refractivity contribution in [3.63, 3.8) is 0 Å². The van der Waals surface area contributed by atoms with E-state index in [1.807, 2.05) is 0 Å². The first-order valence-corrected chi connectivity index (χ1v) is 12.9. The predicted molar refractivity (Wildman–Crippen MR) is 138 cm³/mol. The van der Waals surface area contributed by atoms with Gasteiger partial charge in [-0.25, -0.2) is 8.78 Å². The molecular weight excluding hydrogens is 486 g/mol. The van der Waals surface area contributed by atoms with Crippen LogP contribution in [-0.4, -0.2) is 66.3 Å². The third-order valence-electron chi connectivity index (χ3n) is 7.84. The Bertz CT molecular complexity index is 1290. The number of benzene rings is 2. The van der Waals surface area contributed by atoms with Crippen LogP contribution in [0, 0.1) is 11.6 Å². The second-order valence-corrected chi connectivity index (χ2v) is 10.3. The highest BCUT2D eigenvalue weighted by molar-refractivity contribution is 6.34. The summed E-state index contributed by atoms with van der Waals surface area (Å²) >= 11 is 6.56. The quantitative estimate of drug-likeness (QED) is 0.493. The van der Waals surface area contributed by atoms with Gasteiger partial charge in [0.2, 0.25) is 0 Å². The van der Waals surface area contributed by atoms with Crippen LogP contribution in [0.1, 0.15) is 25.7 Å². The van der Waals surface area contributed by atoms with Crippen LogP contribution in [0.3, 0.4) is 0 Å². The Morgan fingerprint density at radius 3 is 2.53 bits per heavy atom. The molecule has 3 aliphatic rings. The lowest BCUT2D eigenvalue weighted by atomic mass is 9.95. The molecule has 190 valence electrons. The fourth-order valence-electron chi connectivity index (χ4n) is 6.04. The van der Waals surface area contributed by atoms with E-state index in [4.69, 9.17) is 27.1 Å². The van der Waals surface area contributed by atoms with Crippen molar-refractivity contribution < 1.29 is 13.5 Å². The summed E-state index contributed by atoms with van der Waals surface area (Å²) in [4.78, 5) is 13.8. The van der Waals surface area contributed by atoms with Gasteiger partial charge in [-0.15, -0.1) is 0 Å². The Balaban J connectivity index is 1.48. The number of rotatable bonds is 5. The molecule has 3 saturated heterocycles. The molecule has 10 heteroatoms. The Morgan fingerprint density at radius 2 is 1.81 bits per heavy atom. The van der Waals surface area contributed by atoms with Crippen molar-refractivity contribution in [1.29, 1.82) is 0 Å². The number of nitrogens with one attached hydrogen (secondary N) is 1. The smallest absolute Gasteiger partial charge is 0.319 e. The van der Waals surface area contributed by atoms with Crippen LogP contribution >= 0.6 is 11.6 Å². The van der Waals surface area contributed by atoms with E-state index < -0.39 is 11.6 Å². The summed E-state index contributed by atoms with van der Waals surface area (Å²) in [5.41, 5.74) is 6.00. The van der Waals surface area contributed by atoms with Gasteiger partial charge in [0, 0.05) is 48.4 Å². The number of nitrogen functional groups attached to an aromatic ring is 1. The number of piperazine rings is 1. The van der Waals surface area contributed by atoms with Crippen LogP contribution in [0.5, 0.6) is 6.01 Å². The second-order valence-electron chi connectivity index (χ2n) is 9.92. The fourth-order valence-corrected chi connectivity index (χ4v) is 6.32. The molecule has 0 amide bonds. The number of hydrogen-bond acceptors (Lipinski definition) is 7. The predicted octanol–water partition coefficient (Wildman–Crippen LogP) is 4.23. The van der Waals surface area contributed by atoms with Gasteiger partial charge in [-0.3, -0.25) is 4.90 Å². The Kier molecular flexibility index (Phi) is 6.09. The van der Waals surface area contributed by atoms with Crippen LogP contribution in [0.25, 0.3) is 22.0 Å². The van der Waals surface area contributed by atoms with E-state index in [-0.39, 0.29) is 38.9 Å². The molecular formula is C26H29ClF2N6O. The van der Waals surface area contributed by atoms with Gasteiger partial charge in [-0.05, 0) is 57.0 Å². The van der Waals surface area contributed by atoms with E-state index in [2.05, 4.69) is 20.1 Å². The standard InChI is InChI=1S/C26H29ClF2N6O/c27-17-14-16-23(22(29)20(17)21-18(28)4-1-5-19(21)30)32-25(33-24(16)34-12-8-31-9-13-34)36-15-26-6-2-10-35(26)11-3-7-26/h1,4-5,14,31H,2-3,6-13,15,30H2. The highest BCUT2D eigenvalue weighted by Crippen LogP contribution is 2.42. The number of hydrogen-bond donors (Lipinski definition) is 2. The first kappa shape index (κ1) is 23.6. The number of ether oxygens (including phenoxy) is 1. The highest BCUT2D eigenvalue weighted by Gasteiger charge is 2.45. The third kappa shape index (κ3) is 3.93. The number of aromatic nitrogens is 2. The first-order chi connectivity index (χ1) is 17.5. The van der Waals surface area contributed by atoms with Crippen molar-refractivity contribution in [2.75, 3.05) is 56.5 Å². The lowest BCUT2D eigenvalue weighted by Crippen LogP contribution is -2.44.